The van der Waals surface area contributed by atoms with Gasteiger partial charge in [0.2, 0.25) is 0 Å². The first-order valence-electron chi connectivity index (χ1n) is 15.5. The number of carbonyl (C=O) groups is 2. The number of fused-ring (bicyclic) bond motifs is 2. The number of nitrogens with zero attached hydrogens (tertiary/aromatic N) is 5. The molecular formula is C34H20N7Na3O14S2. The number of nitro groups is 1. The molecular weight excluding hydrogens is 864 g/mol. The quantitative estimate of drug-likeness (QED) is 0.0296. The van der Waals surface area contributed by atoms with E-state index in [9.17, 15) is 66.1 Å². The molecule has 6 aromatic carbocycles. The molecule has 26 heteroatoms. The minimum atomic E-state index is -5.36. The van der Waals surface area contributed by atoms with Gasteiger partial charge in [-0.1, -0.05) is 18.2 Å². The molecule has 0 saturated heterocycles. The molecule has 5 N–H and O–H groups in total. The number of carbonyl (C=O) groups excluding carboxylic acids is 2. The van der Waals surface area contributed by atoms with E-state index in [0.29, 0.717) is 0 Å². The topological polar surface area (TPSA) is 349 Å². The summed E-state index contributed by atoms with van der Waals surface area (Å²) in [5.41, 5.74) is -3.25. The number of aromatic hydroxyl groups is 3. The fraction of sp³-hybridized carbons (Fsp3) is 0. The van der Waals surface area contributed by atoms with Crippen molar-refractivity contribution < 1.29 is 150 Å². The van der Waals surface area contributed by atoms with E-state index in [4.69, 9.17) is 0 Å². The smallest absolute Gasteiger partial charge is 0.744 e. The maximum Gasteiger partial charge on any atom is 1.00 e. The average Bonchev–Trinajstić information content (AvgIpc) is 3.13. The Morgan fingerprint density at radius 3 is 1.53 bits per heavy atom. The third-order valence-corrected chi connectivity index (χ3v) is 9.67. The van der Waals surface area contributed by atoms with Crippen LogP contribution in [0.15, 0.2) is 121 Å². The van der Waals surface area contributed by atoms with Crippen LogP contribution in [-0.4, -0.2) is 58.2 Å². The molecule has 0 radical (unpaired) electrons. The summed E-state index contributed by atoms with van der Waals surface area (Å²) in [7, 11) is -10.7. The van der Waals surface area contributed by atoms with Gasteiger partial charge in [-0.25, -0.2) is 21.6 Å². The number of rotatable bonds is 10. The summed E-state index contributed by atoms with van der Waals surface area (Å²) >= 11 is 0. The Kier molecular flexibility index (Phi) is 16.5. The molecule has 290 valence electrons. The number of benzene rings is 6. The van der Waals surface area contributed by atoms with E-state index in [-0.39, 0.29) is 127 Å². The second-order valence-electron chi connectivity index (χ2n) is 11.6. The van der Waals surface area contributed by atoms with E-state index in [1.165, 1.54) is 54.6 Å². The monoisotopic (exact) mass is 883 g/mol. The van der Waals surface area contributed by atoms with Gasteiger partial charge in [-0.2, -0.15) is 0 Å². The van der Waals surface area contributed by atoms with Crippen LogP contribution in [0.25, 0.3) is 21.5 Å². The van der Waals surface area contributed by atoms with Crippen molar-refractivity contribution in [3.8, 4) is 17.2 Å². The molecule has 60 heavy (non-hydrogen) atoms. The molecule has 6 aromatic rings. The Balaban J connectivity index is 0.00000320. The van der Waals surface area contributed by atoms with Gasteiger partial charge in [-0.3, -0.25) is 10.1 Å². The van der Waals surface area contributed by atoms with E-state index in [1.54, 1.807) is 0 Å². The van der Waals surface area contributed by atoms with Gasteiger partial charge < -0.3 is 45.0 Å². The Bertz CT molecular complexity index is 3010. The Morgan fingerprint density at radius 2 is 1.08 bits per heavy atom. The normalized spacial score (nSPS) is 11.4. The zero-order chi connectivity index (χ0) is 41.4. The third-order valence-electron chi connectivity index (χ3n) is 7.97. The molecule has 0 aliphatic carbocycles. The second kappa shape index (κ2) is 19.9. The van der Waals surface area contributed by atoms with Crippen molar-refractivity contribution in [3.63, 3.8) is 0 Å². The van der Waals surface area contributed by atoms with Crippen LogP contribution in [-0.2, 0) is 20.2 Å². The zero-order valence-corrected chi connectivity index (χ0v) is 38.7. The van der Waals surface area contributed by atoms with Crippen LogP contribution in [0.5, 0.6) is 17.2 Å². The number of nitrogens with one attached hydrogen (secondary N) is 2. The van der Waals surface area contributed by atoms with Crippen LogP contribution in [0.4, 0.5) is 44.6 Å². The summed E-state index contributed by atoms with van der Waals surface area (Å²) in [5.74, 6) is -3.85. The summed E-state index contributed by atoms with van der Waals surface area (Å²) in [5, 5.41) is 73.5. The van der Waals surface area contributed by atoms with Gasteiger partial charge in [-0.05, 0) is 71.4 Å². The minimum absolute atomic E-state index is 0. The number of carboxylic acid groups (broad SMARTS) is 1. The first-order chi connectivity index (χ1) is 26.8. The molecule has 0 atom stereocenters. The van der Waals surface area contributed by atoms with Gasteiger partial charge in [0.15, 0.2) is 11.5 Å². The first-order valence-corrected chi connectivity index (χ1v) is 18.3. The number of amides is 2. The first kappa shape index (κ1) is 49.8. The van der Waals surface area contributed by atoms with Gasteiger partial charge in [-0.15, -0.1) is 20.5 Å². The van der Waals surface area contributed by atoms with E-state index in [2.05, 4.69) is 31.1 Å². The fourth-order valence-electron chi connectivity index (χ4n) is 5.37. The molecule has 0 bridgehead atoms. The van der Waals surface area contributed by atoms with Crippen molar-refractivity contribution in [3.05, 3.63) is 107 Å². The average molecular weight is 884 g/mol. The van der Waals surface area contributed by atoms with Crippen LogP contribution >= 0.6 is 0 Å². The number of hydrogen-bond donors (Lipinski definition) is 5. The molecule has 0 spiro atoms. The number of phenols is 3. The van der Waals surface area contributed by atoms with E-state index >= 15 is 0 Å². The molecule has 0 heterocycles. The van der Waals surface area contributed by atoms with Crippen molar-refractivity contribution in [1.29, 1.82) is 0 Å². The summed E-state index contributed by atoms with van der Waals surface area (Å²) in [4.78, 5) is 32.6. The number of nitro benzene ring substituents is 1. The summed E-state index contributed by atoms with van der Waals surface area (Å²) in [6.45, 7) is 0. The molecule has 0 aliphatic rings. The Morgan fingerprint density at radius 1 is 0.617 bits per heavy atom. The van der Waals surface area contributed by atoms with Crippen LogP contribution in [0.1, 0.15) is 10.4 Å². The van der Waals surface area contributed by atoms with E-state index in [0.717, 1.165) is 36.4 Å². The van der Waals surface area contributed by atoms with Crippen LogP contribution < -0.4 is 104 Å². The number of azo groups is 2. The van der Waals surface area contributed by atoms with Crippen molar-refractivity contribution in [1.82, 2.24) is 0 Å². The van der Waals surface area contributed by atoms with E-state index < -0.39 is 92.5 Å². The predicted molar refractivity (Wildman–Crippen MR) is 194 cm³/mol. The Labute approximate surface area is 403 Å². The maximum atomic E-state index is 13.0. The number of non-ortho nitro benzene ring substituents is 1. The van der Waals surface area contributed by atoms with Gasteiger partial charge in [0.25, 0.3) is 5.69 Å². The maximum absolute atomic E-state index is 13.0. The molecule has 6 rings (SSSR count). The molecule has 0 unspecified atom stereocenters. The van der Waals surface area contributed by atoms with Gasteiger partial charge in [0, 0.05) is 39.8 Å². The second-order valence-corrected chi connectivity index (χ2v) is 14.3. The van der Waals surface area contributed by atoms with E-state index in [1.807, 2.05) is 0 Å². The minimum Gasteiger partial charge on any atom is -0.744 e. The third kappa shape index (κ3) is 11.0. The van der Waals surface area contributed by atoms with Gasteiger partial charge >= 0.3 is 94.7 Å². The predicted octanol–water partition coefficient (Wildman–Crippen LogP) is -3.32. The standard InChI is InChI=1S/C34H23N7O14S2.3Na/c42-26-10-7-20(41(48)49)15-25(26)38-40-30-28(57(53,54)55)14-17-12-19(6-9-22(17)32(30)44)36-34(47)35-18-5-8-21-16(11-18)13-27(56(50,51)52)29(31(21)43)39-37-24-4-2-1-3-23(24)33(45)46;;;/h1-15,42-44H,(H,45,46)(H2,35,36,47)(H,50,51,52)(H,53,54,55);;;/q;3*+1/p-3. The molecule has 0 aliphatic heterocycles. The number of urea groups is 1. The van der Waals surface area contributed by atoms with Crippen LogP contribution in [0, 0.1) is 10.1 Å². The fourth-order valence-corrected chi connectivity index (χ4v) is 6.66. The molecule has 0 fully saturated rings. The zero-order valence-electron chi connectivity index (χ0n) is 31.0. The number of phenolic OH excluding ortho intramolecular Hbond substituents is 3. The summed E-state index contributed by atoms with van der Waals surface area (Å²) < 4.78 is 73.1. The Hall–Kier alpha value is -4.60. The number of anilines is 2. The summed E-state index contributed by atoms with van der Waals surface area (Å²) in [6, 6.07) is 16.0. The number of carboxylic acids is 1. The van der Waals surface area contributed by atoms with Crippen molar-refractivity contribution in [2.45, 2.75) is 9.79 Å². The van der Waals surface area contributed by atoms with Crippen molar-refractivity contribution >= 4 is 93.6 Å². The number of hydrogen-bond acceptors (Lipinski definition) is 18. The SMILES string of the molecule is O=C(Nc1ccc2c(O)c(N=Nc3cc([N+](=O)[O-])ccc3O)c(S(=O)(=O)[O-])cc2c1)Nc1ccc2c(O)c(N=Nc3ccccc3C(=O)[O-])c(S(=O)(=O)[O-])cc2c1.[Na+].[Na+].[Na+]. The van der Waals surface area contributed by atoms with Crippen LogP contribution in [0.2, 0.25) is 0 Å². The van der Waals surface area contributed by atoms with Crippen molar-refractivity contribution in [2.24, 2.45) is 20.5 Å². The largest absolute Gasteiger partial charge is 1.00 e. The number of aromatic carboxylic acids is 1. The molecule has 2 amide bonds. The van der Waals surface area contributed by atoms with Crippen LogP contribution in [0.3, 0.4) is 0 Å². The van der Waals surface area contributed by atoms with Gasteiger partial charge in [0.05, 0.1) is 26.4 Å². The summed E-state index contributed by atoms with van der Waals surface area (Å²) in [6.07, 6.45) is 0. The molecule has 0 aromatic heterocycles. The molecule has 21 nitrogen and oxygen atoms in total. The van der Waals surface area contributed by atoms with Crippen molar-refractivity contribution in [2.75, 3.05) is 10.6 Å². The van der Waals surface area contributed by atoms with Gasteiger partial charge in [0.1, 0.15) is 43.0 Å². The molecule has 0 saturated carbocycles.